The summed E-state index contributed by atoms with van der Waals surface area (Å²) in [6, 6.07) is 0. The van der Waals surface area contributed by atoms with Crippen molar-refractivity contribution in [3.8, 4) is 0 Å². The van der Waals surface area contributed by atoms with E-state index in [0.717, 1.165) is 13.3 Å². The number of esters is 1. The number of hydrogen-bond donors (Lipinski definition) is 0. The molecule has 16 heavy (non-hydrogen) atoms. The number of fused-ring (bicyclic) bond motifs is 2. The Morgan fingerprint density at radius 3 is 2.50 bits per heavy atom. The van der Waals surface area contributed by atoms with Crippen molar-refractivity contribution in [1.82, 2.24) is 0 Å². The number of ether oxygens (including phenoxy) is 1. The van der Waals surface area contributed by atoms with Crippen molar-refractivity contribution < 1.29 is 22.7 Å². The zero-order chi connectivity index (χ0) is 11.9. The van der Waals surface area contributed by atoms with E-state index in [1.165, 1.54) is 0 Å². The first-order valence-electron chi connectivity index (χ1n) is 5.33. The fourth-order valence-electron chi connectivity index (χ4n) is 2.38. The van der Waals surface area contributed by atoms with Crippen molar-refractivity contribution in [2.24, 2.45) is 17.8 Å². The number of carbonyl (C=O) groups is 1. The molecule has 0 aliphatic heterocycles. The number of allylic oxidation sites excluding steroid dienone is 2. The van der Waals surface area contributed by atoms with Crippen LogP contribution in [0.25, 0.3) is 0 Å². The summed E-state index contributed by atoms with van der Waals surface area (Å²) in [6.45, 7) is 0.862. The molecule has 90 valence electrons. The lowest BCUT2D eigenvalue weighted by atomic mass is 9.94. The third kappa shape index (κ3) is 2.08. The van der Waals surface area contributed by atoms with E-state index in [9.17, 15) is 18.0 Å². The Hall–Kier alpha value is -1.00. The largest absolute Gasteiger partial charge is 0.453 e. The van der Waals surface area contributed by atoms with E-state index in [4.69, 9.17) is 0 Å². The van der Waals surface area contributed by atoms with Gasteiger partial charge in [-0.1, -0.05) is 12.2 Å². The fourth-order valence-corrected chi connectivity index (χ4v) is 2.38. The topological polar surface area (TPSA) is 26.3 Å². The SMILES string of the molecule is CC(OC(=O)C1CC2C=CC1C2)C(F)(F)F. The third-order valence-electron chi connectivity index (χ3n) is 3.34. The molecule has 2 nitrogen and oxygen atoms in total. The highest BCUT2D eigenvalue weighted by atomic mass is 19.4. The zero-order valence-corrected chi connectivity index (χ0v) is 8.83. The second-order valence-electron chi connectivity index (χ2n) is 4.51. The molecule has 0 aromatic carbocycles. The van der Waals surface area contributed by atoms with E-state index in [1.807, 2.05) is 12.2 Å². The minimum absolute atomic E-state index is 0.0814. The van der Waals surface area contributed by atoms with Crippen LogP contribution in [0, 0.1) is 17.8 Å². The van der Waals surface area contributed by atoms with Crippen LogP contribution < -0.4 is 0 Å². The molecule has 0 saturated heterocycles. The van der Waals surface area contributed by atoms with E-state index in [-0.39, 0.29) is 11.8 Å². The highest BCUT2D eigenvalue weighted by molar-refractivity contribution is 5.74. The predicted octanol–water partition coefficient (Wildman–Crippen LogP) is 2.69. The fraction of sp³-hybridized carbons (Fsp3) is 0.727. The first kappa shape index (κ1) is 11.5. The van der Waals surface area contributed by atoms with E-state index in [0.29, 0.717) is 12.3 Å². The molecule has 0 heterocycles. The Labute approximate surface area is 91.5 Å². The van der Waals surface area contributed by atoms with Crippen LogP contribution in [-0.2, 0) is 9.53 Å². The number of carbonyl (C=O) groups excluding carboxylic acids is 1. The van der Waals surface area contributed by atoms with Gasteiger partial charge in [-0.15, -0.1) is 0 Å². The molecule has 4 atom stereocenters. The minimum atomic E-state index is -4.47. The van der Waals surface area contributed by atoms with Gasteiger partial charge in [0.1, 0.15) is 0 Å². The van der Waals surface area contributed by atoms with Crippen LogP contribution >= 0.6 is 0 Å². The molecule has 0 aromatic heterocycles. The second-order valence-corrected chi connectivity index (χ2v) is 4.51. The lowest BCUT2D eigenvalue weighted by molar-refractivity contribution is -0.218. The highest BCUT2D eigenvalue weighted by Crippen LogP contribution is 2.44. The summed E-state index contributed by atoms with van der Waals surface area (Å²) in [4.78, 5) is 11.5. The van der Waals surface area contributed by atoms with E-state index < -0.39 is 18.2 Å². The summed E-state index contributed by atoms with van der Waals surface area (Å²) in [5.74, 6) is -0.650. The molecule has 2 aliphatic rings. The Morgan fingerprint density at radius 1 is 1.38 bits per heavy atom. The zero-order valence-electron chi connectivity index (χ0n) is 8.83. The van der Waals surface area contributed by atoms with Gasteiger partial charge >= 0.3 is 12.1 Å². The van der Waals surface area contributed by atoms with Crippen LogP contribution in [0.5, 0.6) is 0 Å². The van der Waals surface area contributed by atoms with Crippen molar-refractivity contribution >= 4 is 5.97 Å². The maximum atomic E-state index is 12.2. The van der Waals surface area contributed by atoms with Crippen molar-refractivity contribution in [1.29, 1.82) is 0 Å². The molecule has 4 unspecified atom stereocenters. The van der Waals surface area contributed by atoms with Crippen molar-refractivity contribution in [3.63, 3.8) is 0 Å². The monoisotopic (exact) mass is 234 g/mol. The second kappa shape index (κ2) is 3.79. The summed E-state index contributed by atoms with van der Waals surface area (Å²) in [5, 5.41) is 0. The lowest BCUT2D eigenvalue weighted by Crippen LogP contribution is -2.34. The molecule has 2 bridgehead atoms. The quantitative estimate of drug-likeness (QED) is 0.542. The average Bonchev–Trinajstić information content (AvgIpc) is 2.76. The van der Waals surface area contributed by atoms with Crippen LogP contribution in [0.2, 0.25) is 0 Å². The van der Waals surface area contributed by atoms with Gasteiger partial charge in [0, 0.05) is 0 Å². The Morgan fingerprint density at radius 2 is 2.06 bits per heavy atom. The van der Waals surface area contributed by atoms with Gasteiger partial charge < -0.3 is 4.74 Å². The first-order chi connectivity index (χ1) is 7.38. The molecule has 2 aliphatic carbocycles. The Bertz CT molecular complexity index is 322. The summed E-state index contributed by atoms with van der Waals surface area (Å²) in [5.41, 5.74) is 0. The molecule has 1 saturated carbocycles. The summed E-state index contributed by atoms with van der Waals surface area (Å²) in [6.07, 6.45) is -1.03. The summed E-state index contributed by atoms with van der Waals surface area (Å²) in [7, 11) is 0. The molecule has 2 rings (SSSR count). The van der Waals surface area contributed by atoms with Crippen molar-refractivity contribution in [2.75, 3.05) is 0 Å². The molecule has 0 amide bonds. The molecule has 1 fully saturated rings. The smallest absolute Gasteiger partial charge is 0.425 e. The van der Waals surface area contributed by atoms with Gasteiger partial charge in [-0.05, 0) is 31.6 Å². The normalized spacial score (nSPS) is 34.1. The highest BCUT2D eigenvalue weighted by Gasteiger charge is 2.44. The molecule has 5 heteroatoms. The van der Waals surface area contributed by atoms with Crippen LogP contribution in [0.3, 0.4) is 0 Å². The summed E-state index contributed by atoms with van der Waals surface area (Å²) < 4.78 is 41.0. The van der Waals surface area contributed by atoms with E-state index >= 15 is 0 Å². The van der Waals surface area contributed by atoms with Crippen molar-refractivity contribution in [3.05, 3.63) is 12.2 Å². The predicted molar refractivity (Wildman–Crippen MR) is 50.5 cm³/mol. The van der Waals surface area contributed by atoms with Crippen LogP contribution in [0.15, 0.2) is 12.2 Å². The van der Waals surface area contributed by atoms with Gasteiger partial charge in [-0.25, -0.2) is 0 Å². The van der Waals surface area contributed by atoms with E-state index in [2.05, 4.69) is 4.74 Å². The first-order valence-corrected chi connectivity index (χ1v) is 5.33. The summed E-state index contributed by atoms with van der Waals surface area (Å²) >= 11 is 0. The molecule has 0 aromatic rings. The molecule has 0 spiro atoms. The van der Waals surface area contributed by atoms with Gasteiger partial charge in [-0.3, -0.25) is 4.79 Å². The average molecular weight is 234 g/mol. The molecular weight excluding hydrogens is 221 g/mol. The Balaban J connectivity index is 1.92. The van der Waals surface area contributed by atoms with Crippen LogP contribution in [0.4, 0.5) is 13.2 Å². The maximum Gasteiger partial charge on any atom is 0.425 e. The van der Waals surface area contributed by atoms with Gasteiger partial charge in [0.15, 0.2) is 6.10 Å². The van der Waals surface area contributed by atoms with Gasteiger partial charge in [0.05, 0.1) is 5.92 Å². The van der Waals surface area contributed by atoms with Gasteiger partial charge in [0.2, 0.25) is 0 Å². The minimum Gasteiger partial charge on any atom is -0.453 e. The molecular formula is C11H13F3O2. The van der Waals surface area contributed by atoms with Crippen molar-refractivity contribution in [2.45, 2.75) is 32.0 Å². The standard InChI is InChI=1S/C11H13F3O2/c1-6(11(12,13)14)16-10(15)9-5-7-2-3-8(9)4-7/h2-3,6-9H,4-5H2,1H3. The van der Waals surface area contributed by atoms with Gasteiger partial charge in [0.25, 0.3) is 0 Å². The number of halogens is 3. The van der Waals surface area contributed by atoms with Crippen LogP contribution in [-0.4, -0.2) is 18.2 Å². The number of hydrogen-bond acceptors (Lipinski definition) is 2. The Kier molecular flexibility index (Phi) is 2.72. The van der Waals surface area contributed by atoms with Gasteiger partial charge in [-0.2, -0.15) is 13.2 Å². The van der Waals surface area contributed by atoms with Crippen LogP contribution in [0.1, 0.15) is 19.8 Å². The third-order valence-corrected chi connectivity index (χ3v) is 3.34. The lowest BCUT2D eigenvalue weighted by Gasteiger charge is -2.21. The molecule has 0 N–H and O–H groups in total. The number of alkyl halides is 3. The molecule has 0 radical (unpaired) electrons. The van der Waals surface area contributed by atoms with E-state index in [1.54, 1.807) is 0 Å². The maximum absolute atomic E-state index is 12.2. The number of rotatable bonds is 2.